The monoisotopic (exact) mass is 342 g/mol. The molecule has 0 bridgehead atoms. The number of hydrogen-bond acceptors (Lipinski definition) is 5. The molecule has 122 valence electrons. The third-order valence-corrected chi connectivity index (χ3v) is 4.21. The van der Waals surface area contributed by atoms with Crippen molar-refractivity contribution in [3.63, 3.8) is 0 Å². The number of fused-ring (bicyclic) bond motifs is 1. The van der Waals surface area contributed by atoms with Crippen LogP contribution >= 0.6 is 11.3 Å². The number of hydrogen-bond donors (Lipinski definition) is 1. The summed E-state index contributed by atoms with van der Waals surface area (Å²) in [5, 5.41) is 9.00. The van der Waals surface area contributed by atoms with Gasteiger partial charge in [-0.25, -0.2) is 9.78 Å². The van der Waals surface area contributed by atoms with Gasteiger partial charge in [-0.2, -0.15) is 0 Å². The Labute approximate surface area is 141 Å². The van der Waals surface area contributed by atoms with Crippen LogP contribution in [-0.2, 0) is 0 Å². The van der Waals surface area contributed by atoms with E-state index in [4.69, 9.17) is 9.84 Å². The predicted molar refractivity (Wildman–Crippen MR) is 92.8 cm³/mol. The van der Waals surface area contributed by atoms with E-state index >= 15 is 0 Å². The molecular formula is C17H14N2O4S. The molecule has 6 nitrogen and oxygen atoms in total. The van der Waals surface area contributed by atoms with Gasteiger partial charge >= 0.3 is 5.97 Å². The average molecular weight is 342 g/mol. The van der Waals surface area contributed by atoms with Crippen molar-refractivity contribution in [1.29, 1.82) is 0 Å². The van der Waals surface area contributed by atoms with Gasteiger partial charge in [-0.1, -0.05) is 29.5 Å². The van der Waals surface area contributed by atoms with Gasteiger partial charge in [0.25, 0.3) is 5.56 Å². The van der Waals surface area contributed by atoms with Crippen LogP contribution in [0.4, 0.5) is 0 Å². The molecule has 3 rings (SSSR count). The molecule has 0 saturated heterocycles. The number of ether oxygens (including phenoxy) is 1. The van der Waals surface area contributed by atoms with Gasteiger partial charge < -0.3 is 9.84 Å². The summed E-state index contributed by atoms with van der Waals surface area (Å²) in [6, 6.07) is 8.91. The highest BCUT2D eigenvalue weighted by molar-refractivity contribution is 7.18. The molecule has 3 aromatic rings. The first-order valence-corrected chi connectivity index (χ1v) is 8.06. The zero-order valence-corrected chi connectivity index (χ0v) is 13.6. The van der Waals surface area contributed by atoms with Gasteiger partial charge in [0.1, 0.15) is 10.6 Å². The zero-order valence-electron chi connectivity index (χ0n) is 12.8. The van der Waals surface area contributed by atoms with E-state index in [0.717, 1.165) is 22.6 Å². The number of aromatic carboxylic acids is 1. The number of carboxylic acid groups (broad SMARTS) is 1. The lowest BCUT2D eigenvalue weighted by atomic mass is 10.2. The maximum Gasteiger partial charge on any atom is 0.347 e. The molecule has 24 heavy (non-hydrogen) atoms. The molecule has 0 aliphatic heterocycles. The minimum absolute atomic E-state index is 0.0762. The number of benzene rings is 1. The normalized spacial score (nSPS) is 11.2. The Kier molecular flexibility index (Phi) is 4.43. The fourth-order valence-electron chi connectivity index (χ4n) is 2.13. The number of rotatable bonds is 5. The van der Waals surface area contributed by atoms with Crippen molar-refractivity contribution in [2.45, 2.75) is 6.92 Å². The van der Waals surface area contributed by atoms with Crippen molar-refractivity contribution in [1.82, 2.24) is 9.38 Å². The van der Waals surface area contributed by atoms with Crippen LogP contribution in [0.25, 0.3) is 17.1 Å². The molecule has 0 aliphatic rings. The summed E-state index contributed by atoms with van der Waals surface area (Å²) >= 11 is 0.965. The Balaban J connectivity index is 1.89. The van der Waals surface area contributed by atoms with Crippen molar-refractivity contribution >= 4 is 34.4 Å². The van der Waals surface area contributed by atoms with Crippen LogP contribution in [0, 0.1) is 0 Å². The Morgan fingerprint density at radius 3 is 2.75 bits per heavy atom. The predicted octanol–water partition coefficient (Wildman–Crippen LogP) is 3.02. The van der Waals surface area contributed by atoms with Gasteiger partial charge in [0, 0.05) is 12.3 Å². The molecule has 0 aliphatic carbocycles. The van der Waals surface area contributed by atoms with Crippen molar-refractivity contribution in [3.05, 3.63) is 63.0 Å². The lowest BCUT2D eigenvalue weighted by Crippen LogP contribution is -2.11. The quantitative estimate of drug-likeness (QED) is 0.771. The van der Waals surface area contributed by atoms with E-state index < -0.39 is 5.97 Å². The van der Waals surface area contributed by atoms with Crippen LogP contribution in [-0.4, -0.2) is 27.1 Å². The Hall–Kier alpha value is -2.93. The van der Waals surface area contributed by atoms with Crippen molar-refractivity contribution < 1.29 is 14.6 Å². The van der Waals surface area contributed by atoms with E-state index in [9.17, 15) is 9.59 Å². The van der Waals surface area contributed by atoms with Crippen molar-refractivity contribution in [3.8, 4) is 5.75 Å². The number of thiazole rings is 1. The average Bonchev–Trinajstić information content (AvgIpc) is 3.00. The Bertz CT molecular complexity index is 970. The Morgan fingerprint density at radius 2 is 2.08 bits per heavy atom. The smallest absolute Gasteiger partial charge is 0.347 e. The standard InChI is InChI=1S/C17H14N2O4S/c1-2-23-13-7-4-11(5-8-13)3-6-12-9-15(20)19-10-14(16(21)22)24-17(19)18-12/h3-10H,2H2,1H3,(H,21,22). The summed E-state index contributed by atoms with van der Waals surface area (Å²) in [5.74, 6) is -0.274. The fraction of sp³-hybridized carbons (Fsp3) is 0.118. The largest absolute Gasteiger partial charge is 0.494 e. The van der Waals surface area contributed by atoms with E-state index in [1.54, 1.807) is 6.08 Å². The topological polar surface area (TPSA) is 80.9 Å². The first-order chi connectivity index (χ1) is 11.6. The minimum Gasteiger partial charge on any atom is -0.494 e. The van der Waals surface area contributed by atoms with Crippen LogP contribution in [0.3, 0.4) is 0 Å². The van der Waals surface area contributed by atoms with E-state index in [1.165, 1.54) is 16.7 Å². The molecule has 0 radical (unpaired) electrons. The summed E-state index contributed by atoms with van der Waals surface area (Å²) in [7, 11) is 0. The second-order valence-electron chi connectivity index (χ2n) is 4.91. The summed E-state index contributed by atoms with van der Waals surface area (Å²) in [6.45, 7) is 2.54. The number of aromatic nitrogens is 2. The van der Waals surface area contributed by atoms with Gasteiger partial charge in [-0.3, -0.25) is 9.20 Å². The van der Waals surface area contributed by atoms with Gasteiger partial charge in [-0.05, 0) is 30.7 Å². The van der Waals surface area contributed by atoms with Crippen molar-refractivity contribution in [2.75, 3.05) is 6.61 Å². The second kappa shape index (κ2) is 6.67. The molecule has 2 heterocycles. The third-order valence-electron chi connectivity index (χ3n) is 3.24. The summed E-state index contributed by atoms with van der Waals surface area (Å²) in [5.41, 5.74) is 1.11. The van der Waals surface area contributed by atoms with E-state index in [0.29, 0.717) is 17.3 Å². The summed E-state index contributed by atoms with van der Waals surface area (Å²) < 4.78 is 6.62. The molecule has 0 spiro atoms. The highest BCUT2D eigenvalue weighted by Gasteiger charge is 2.11. The fourth-order valence-corrected chi connectivity index (χ4v) is 2.96. The lowest BCUT2D eigenvalue weighted by Gasteiger charge is -2.02. The van der Waals surface area contributed by atoms with Crippen LogP contribution in [0.1, 0.15) is 27.9 Å². The number of carboxylic acids is 1. The van der Waals surface area contributed by atoms with Crippen LogP contribution in [0.2, 0.25) is 0 Å². The van der Waals surface area contributed by atoms with Gasteiger partial charge in [-0.15, -0.1) is 0 Å². The van der Waals surface area contributed by atoms with Gasteiger partial charge in [0.15, 0.2) is 4.96 Å². The van der Waals surface area contributed by atoms with E-state index in [2.05, 4.69) is 4.98 Å². The lowest BCUT2D eigenvalue weighted by molar-refractivity contribution is 0.0701. The number of nitrogens with zero attached hydrogens (tertiary/aromatic N) is 2. The SMILES string of the molecule is CCOc1ccc(C=Cc2cc(=O)n3cc(C(=O)O)sc3n2)cc1. The molecule has 2 aromatic heterocycles. The molecule has 0 amide bonds. The number of carbonyl (C=O) groups is 1. The van der Waals surface area contributed by atoms with Crippen LogP contribution in [0.15, 0.2) is 41.3 Å². The van der Waals surface area contributed by atoms with Crippen LogP contribution < -0.4 is 10.3 Å². The second-order valence-corrected chi connectivity index (χ2v) is 5.92. The molecule has 1 aromatic carbocycles. The molecule has 0 atom stereocenters. The zero-order chi connectivity index (χ0) is 17.1. The first kappa shape index (κ1) is 15.9. The molecule has 0 saturated carbocycles. The molecule has 0 fully saturated rings. The maximum atomic E-state index is 12.0. The van der Waals surface area contributed by atoms with Gasteiger partial charge in [0.2, 0.25) is 0 Å². The minimum atomic E-state index is -1.07. The Morgan fingerprint density at radius 1 is 1.33 bits per heavy atom. The molecule has 7 heteroatoms. The van der Waals surface area contributed by atoms with Crippen LogP contribution in [0.5, 0.6) is 5.75 Å². The first-order valence-electron chi connectivity index (χ1n) is 7.24. The highest BCUT2D eigenvalue weighted by atomic mass is 32.1. The molecule has 0 unspecified atom stereocenters. The maximum absolute atomic E-state index is 12.0. The van der Waals surface area contributed by atoms with Gasteiger partial charge in [0.05, 0.1) is 12.3 Å². The van der Waals surface area contributed by atoms with E-state index in [1.807, 2.05) is 37.3 Å². The van der Waals surface area contributed by atoms with E-state index in [-0.39, 0.29) is 10.4 Å². The molecule has 1 N–H and O–H groups in total. The van der Waals surface area contributed by atoms with Crippen molar-refractivity contribution in [2.24, 2.45) is 0 Å². The summed E-state index contributed by atoms with van der Waals surface area (Å²) in [4.78, 5) is 27.8. The highest BCUT2D eigenvalue weighted by Crippen LogP contribution is 2.16. The third kappa shape index (κ3) is 3.36. The summed E-state index contributed by atoms with van der Waals surface area (Å²) in [6.07, 6.45) is 4.84. The molecular weight excluding hydrogens is 328 g/mol.